The van der Waals surface area contributed by atoms with Gasteiger partial charge in [-0.1, -0.05) is 6.32 Å². The minimum Gasteiger partial charge on any atom is -0.396 e. The van der Waals surface area contributed by atoms with E-state index in [-0.39, 0.29) is 19.1 Å². The molecular formula is C4H12BO5P. The van der Waals surface area contributed by atoms with E-state index < -0.39 is 7.82 Å². The van der Waals surface area contributed by atoms with Gasteiger partial charge in [0.2, 0.25) is 0 Å². The molecular weight excluding hydrogens is 170 g/mol. The van der Waals surface area contributed by atoms with Gasteiger partial charge in [0.15, 0.2) is 0 Å². The lowest BCUT2D eigenvalue weighted by molar-refractivity contribution is 0.138. The van der Waals surface area contributed by atoms with E-state index in [2.05, 4.69) is 4.52 Å². The van der Waals surface area contributed by atoms with Crippen LogP contribution in [0.1, 0.15) is 0 Å². The van der Waals surface area contributed by atoms with E-state index in [4.69, 9.17) is 14.9 Å². The Bertz CT molecular complexity index is 141. The number of aliphatic hydroxyl groups is 1. The van der Waals surface area contributed by atoms with E-state index in [1.54, 1.807) is 0 Å². The predicted octanol–water partition coefficient (Wildman–Crippen LogP) is -1.24. The van der Waals surface area contributed by atoms with Crippen LogP contribution in [-0.4, -0.2) is 36.0 Å². The maximum absolute atomic E-state index is 10.2. The topological polar surface area (TPSA) is 87.0 Å². The first-order chi connectivity index (χ1) is 4.99. The van der Waals surface area contributed by atoms with Crippen molar-refractivity contribution in [3.05, 3.63) is 0 Å². The zero-order chi connectivity index (χ0) is 8.91. The van der Waals surface area contributed by atoms with Crippen LogP contribution in [0.4, 0.5) is 0 Å². The number of hydrogen-bond donors (Lipinski definition) is 3. The molecule has 0 aromatic carbocycles. The number of hydrogen-bond acceptors (Lipinski definition) is 3. The van der Waals surface area contributed by atoms with Crippen molar-refractivity contribution in [3.8, 4) is 0 Å². The smallest absolute Gasteiger partial charge is 0.396 e. The lowest BCUT2D eigenvalue weighted by atomic mass is 9.93. The van der Waals surface area contributed by atoms with Crippen LogP contribution in [0.2, 0.25) is 6.32 Å². The average molecular weight is 182 g/mol. The molecule has 0 aromatic heterocycles. The molecule has 11 heavy (non-hydrogen) atoms. The summed E-state index contributed by atoms with van der Waals surface area (Å²) in [5.74, 6) is -0.192. The van der Waals surface area contributed by atoms with E-state index in [0.717, 1.165) is 0 Å². The second-order valence-corrected chi connectivity index (χ2v) is 3.48. The lowest BCUT2D eigenvalue weighted by Gasteiger charge is -2.11. The van der Waals surface area contributed by atoms with Gasteiger partial charge in [0, 0.05) is 6.61 Å². The second-order valence-electron chi connectivity index (χ2n) is 2.24. The molecule has 0 aromatic rings. The Hall–Kier alpha value is 0.135. The van der Waals surface area contributed by atoms with Gasteiger partial charge in [-0.05, 0) is 5.92 Å². The first kappa shape index (κ1) is 11.1. The normalized spacial score (nSPS) is 14.8. The highest BCUT2D eigenvalue weighted by atomic mass is 31.2. The molecule has 0 amide bonds. The lowest BCUT2D eigenvalue weighted by Crippen LogP contribution is -2.12. The molecule has 0 rings (SSSR count). The van der Waals surface area contributed by atoms with Crippen LogP contribution < -0.4 is 0 Å². The predicted molar refractivity (Wildman–Crippen MR) is 41.9 cm³/mol. The van der Waals surface area contributed by atoms with Crippen molar-refractivity contribution in [2.24, 2.45) is 5.92 Å². The van der Waals surface area contributed by atoms with Crippen molar-refractivity contribution in [1.82, 2.24) is 0 Å². The van der Waals surface area contributed by atoms with E-state index in [1.807, 2.05) is 7.85 Å². The van der Waals surface area contributed by atoms with Crippen LogP contribution in [0.5, 0.6) is 0 Å². The zero-order valence-corrected chi connectivity index (χ0v) is 7.20. The van der Waals surface area contributed by atoms with E-state index in [9.17, 15) is 4.57 Å². The Labute approximate surface area is 66.0 Å². The molecule has 1 unspecified atom stereocenters. The van der Waals surface area contributed by atoms with E-state index >= 15 is 0 Å². The van der Waals surface area contributed by atoms with Gasteiger partial charge in [-0.25, -0.2) is 4.57 Å². The Morgan fingerprint density at radius 2 is 2.09 bits per heavy atom. The highest BCUT2D eigenvalue weighted by Gasteiger charge is 2.16. The molecule has 0 saturated carbocycles. The first-order valence-electron chi connectivity index (χ1n) is 3.30. The molecule has 0 aliphatic carbocycles. The van der Waals surface area contributed by atoms with E-state index in [0.29, 0.717) is 6.32 Å². The molecule has 0 aliphatic rings. The number of aliphatic hydroxyl groups excluding tert-OH is 1. The molecule has 0 bridgehead atoms. The molecule has 0 saturated heterocycles. The molecule has 0 spiro atoms. The third kappa shape index (κ3) is 6.53. The molecule has 7 heteroatoms. The summed E-state index contributed by atoms with van der Waals surface area (Å²) in [4.78, 5) is 16.5. The van der Waals surface area contributed by atoms with Gasteiger partial charge in [-0.15, -0.1) is 0 Å². The van der Waals surface area contributed by atoms with Gasteiger partial charge < -0.3 is 14.9 Å². The summed E-state index contributed by atoms with van der Waals surface area (Å²) in [6.45, 7) is -0.215. The number of rotatable bonds is 5. The van der Waals surface area contributed by atoms with Gasteiger partial charge in [-0.2, -0.15) is 0 Å². The van der Waals surface area contributed by atoms with Gasteiger partial charge in [0.05, 0.1) is 6.61 Å². The summed E-state index contributed by atoms with van der Waals surface area (Å²) in [6, 6.07) is 0. The van der Waals surface area contributed by atoms with E-state index in [1.165, 1.54) is 0 Å². The maximum Gasteiger partial charge on any atom is 0.469 e. The summed E-state index contributed by atoms with van der Waals surface area (Å²) in [5, 5.41) is 8.59. The fourth-order valence-corrected chi connectivity index (χ4v) is 0.907. The summed E-state index contributed by atoms with van der Waals surface area (Å²) >= 11 is 0. The number of phosphoric ester groups is 1. The summed E-state index contributed by atoms with van der Waals surface area (Å²) in [6.07, 6.45) is 0.635. The van der Waals surface area contributed by atoms with Gasteiger partial charge in [0.1, 0.15) is 7.85 Å². The Morgan fingerprint density at radius 3 is 2.36 bits per heavy atom. The monoisotopic (exact) mass is 182 g/mol. The highest BCUT2D eigenvalue weighted by Crippen LogP contribution is 2.36. The minimum absolute atomic E-state index is 0.0999. The molecule has 0 heterocycles. The molecule has 0 fully saturated rings. The Balaban J connectivity index is 3.59. The van der Waals surface area contributed by atoms with Crippen LogP contribution in [0.15, 0.2) is 0 Å². The fraction of sp³-hybridized carbons (Fsp3) is 1.00. The number of phosphoric acid groups is 1. The molecule has 3 N–H and O–H groups in total. The average Bonchev–Trinajstić information content (AvgIpc) is 1.88. The van der Waals surface area contributed by atoms with Gasteiger partial charge in [0.25, 0.3) is 0 Å². The molecule has 0 radical (unpaired) electrons. The van der Waals surface area contributed by atoms with Crippen LogP contribution in [0.25, 0.3) is 0 Å². The van der Waals surface area contributed by atoms with Crippen molar-refractivity contribution in [1.29, 1.82) is 0 Å². The van der Waals surface area contributed by atoms with Crippen LogP contribution >= 0.6 is 7.82 Å². The standard InChI is InChI=1S/C4H12BO5P/c5-1-4(2-6)3-10-11(7,8)9/h4,6H,1-3,5H2,(H2,7,8,9). The zero-order valence-electron chi connectivity index (χ0n) is 6.30. The fourth-order valence-electron chi connectivity index (χ4n) is 0.502. The molecule has 5 nitrogen and oxygen atoms in total. The SMILES string of the molecule is BCC(CO)COP(=O)(O)O. The van der Waals surface area contributed by atoms with Crippen LogP contribution in [0, 0.1) is 5.92 Å². The van der Waals surface area contributed by atoms with Crippen molar-refractivity contribution >= 4 is 15.7 Å². The van der Waals surface area contributed by atoms with Gasteiger partial charge >= 0.3 is 7.82 Å². The Kier molecular flexibility index (Phi) is 4.96. The molecule has 0 aliphatic heterocycles. The Morgan fingerprint density at radius 1 is 1.55 bits per heavy atom. The van der Waals surface area contributed by atoms with Crippen molar-refractivity contribution in [2.75, 3.05) is 13.2 Å². The van der Waals surface area contributed by atoms with Crippen LogP contribution in [-0.2, 0) is 9.09 Å². The quantitative estimate of drug-likeness (QED) is 0.365. The minimum atomic E-state index is -4.36. The van der Waals surface area contributed by atoms with Crippen molar-refractivity contribution < 1.29 is 24.0 Å². The third-order valence-electron chi connectivity index (χ3n) is 1.31. The first-order valence-corrected chi connectivity index (χ1v) is 4.83. The molecule has 66 valence electrons. The summed E-state index contributed by atoms with van der Waals surface area (Å²) < 4.78 is 14.3. The van der Waals surface area contributed by atoms with Gasteiger partial charge in [-0.3, -0.25) is 4.52 Å². The third-order valence-corrected chi connectivity index (χ3v) is 1.80. The maximum atomic E-state index is 10.2. The van der Waals surface area contributed by atoms with Crippen molar-refractivity contribution in [2.45, 2.75) is 6.32 Å². The second kappa shape index (κ2) is 4.90. The summed E-state index contributed by atoms with van der Waals surface area (Å²) in [5.41, 5.74) is 0. The van der Waals surface area contributed by atoms with Crippen LogP contribution in [0.3, 0.4) is 0 Å². The highest BCUT2D eigenvalue weighted by molar-refractivity contribution is 7.46. The van der Waals surface area contributed by atoms with Crippen molar-refractivity contribution in [3.63, 3.8) is 0 Å². The largest absolute Gasteiger partial charge is 0.469 e. The molecule has 1 atom stereocenters. The summed E-state index contributed by atoms with van der Waals surface area (Å²) in [7, 11) is -2.55.